The topological polar surface area (TPSA) is 77.0 Å². The maximum absolute atomic E-state index is 12.4. The summed E-state index contributed by atoms with van der Waals surface area (Å²) in [5.41, 5.74) is 2.96. The molecule has 0 bridgehead atoms. The van der Waals surface area contributed by atoms with Crippen molar-refractivity contribution in [2.24, 2.45) is 10.9 Å². The Morgan fingerprint density at radius 3 is 2.45 bits per heavy atom. The van der Waals surface area contributed by atoms with E-state index < -0.39 is 0 Å². The van der Waals surface area contributed by atoms with Gasteiger partial charge in [0.15, 0.2) is 5.96 Å². The summed E-state index contributed by atoms with van der Waals surface area (Å²) in [5, 5.41) is 6.66. The van der Waals surface area contributed by atoms with E-state index in [1.807, 2.05) is 54.3 Å². The predicted octanol–water partition coefficient (Wildman–Crippen LogP) is 2.53. The third-order valence-electron chi connectivity index (χ3n) is 5.74. The molecular weight excluding hydrogens is 414 g/mol. The van der Waals surface area contributed by atoms with Gasteiger partial charge in [0.1, 0.15) is 0 Å². The van der Waals surface area contributed by atoms with Crippen LogP contribution >= 0.6 is 0 Å². The Kier molecular flexibility index (Phi) is 8.87. The van der Waals surface area contributed by atoms with Crippen LogP contribution in [0.25, 0.3) is 0 Å². The van der Waals surface area contributed by atoms with Crippen LogP contribution in [0, 0.1) is 5.92 Å². The van der Waals surface area contributed by atoms with E-state index in [2.05, 4.69) is 27.8 Å². The molecule has 2 amide bonds. The van der Waals surface area contributed by atoms with Crippen LogP contribution in [0.3, 0.4) is 0 Å². The molecule has 2 aromatic carbocycles. The lowest BCUT2D eigenvalue weighted by atomic mass is 10.1. The molecule has 1 aliphatic heterocycles. The van der Waals surface area contributed by atoms with Gasteiger partial charge in [-0.15, -0.1) is 0 Å². The second kappa shape index (κ2) is 12.0. The monoisotopic (exact) mass is 449 g/mol. The van der Waals surface area contributed by atoms with Crippen molar-refractivity contribution >= 4 is 17.8 Å². The molecule has 0 radical (unpaired) electrons. The molecule has 7 nitrogen and oxygen atoms in total. The first-order valence-electron chi connectivity index (χ1n) is 11.6. The minimum absolute atomic E-state index is 0.0102. The van der Waals surface area contributed by atoms with Crippen LogP contribution in [0.4, 0.5) is 0 Å². The van der Waals surface area contributed by atoms with Crippen molar-refractivity contribution in [3.05, 3.63) is 71.3 Å². The Hall–Kier alpha value is -3.35. The predicted molar refractivity (Wildman–Crippen MR) is 132 cm³/mol. The van der Waals surface area contributed by atoms with Crippen molar-refractivity contribution in [2.45, 2.75) is 26.3 Å². The molecule has 0 spiro atoms. The number of hydrogen-bond acceptors (Lipinski definition) is 3. The number of nitrogens with one attached hydrogen (secondary N) is 2. The minimum atomic E-state index is -0.0102. The number of benzene rings is 2. The number of likely N-dealkylation sites (tertiary alicyclic amines) is 1. The quantitative estimate of drug-likeness (QED) is 0.456. The highest BCUT2D eigenvalue weighted by Gasteiger charge is 2.29. The fourth-order valence-electron chi connectivity index (χ4n) is 3.88. The van der Waals surface area contributed by atoms with Gasteiger partial charge >= 0.3 is 0 Å². The Morgan fingerprint density at radius 2 is 1.79 bits per heavy atom. The molecule has 3 rings (SSSR count). The van der Waals surface area contributed by atoms with Gasteiger partial charge in [-0.1, -0.05) is 42.5 Å². The van der Waals surface area contributed by atoms with Gasteiger partial charge in [-0.2, -0.15) is 0 Å². The number of rotatable bonds is 9. The molecule has 1 heterocycles. The van der Waals surface area contributed by atoms with E-state index >= 15 is 0 Å². The summed E-state index contributed by atoms with van der Waals surface area (Å²) in [6.07, 6.45) is 1.46. The lowest BCUT2D eigenvalue weighted by Crippen LogP contribution is -2.40. The highest BCUT2D eigenvalue weighted by atomic mass is 16.2. The first kappa shape index (κ1) is 24.3. The van der Waals surface area contributed by atoms with E-state index in [0.29, 0.717) is 25.1 Å². The number of carbonyl (C=O) groups is 2. The molecule has 1 aliphatic rings. The minimum Gasteiger partial charge on any atom is -0.357 e. The number of hydrogen-bond donors (Lipinski definition) is 2. The average molecular weight is 450 g/mol. The Morgan fingerprint density at radius 1 is 1.06 bits per heavy atom. The number of amides is 2. The molecule has 1 unspecified atom stereocenters. The van der Waals surface area contributed by atoms with Gasteiger partial charge in [0, 0.05) is 58.2 Å². The molecular formula is C26H35N5O2. The Bertz CT molecular complexity index is 941. The smallest absolute Gasteiger partial charge is 0.253 e. The fraction of sp³-hybridized carbons (Fsp3) is 0.423. The van der Waals surface area contributed by atoms with Crippen LogP contribution < -0.4 is 10.6 Å². The van der Waals surface area contributed by atoms with Crippen molar-refractivity contribution in [3.63, 3.8) is 0 Å². The molecule has 176 valence electrons. The zero-order valence-electron chi connectivity index (χ0n) is 19.9. The molecule has 33 heavy (non-hydrogen) atoms. The van der Waals surface area contributed by atoms with E-state index in [4.69, 9.17) is 0 Å². The Labute approximate surface area is 196 Å². The second-order valence-electron chi connectivity index (χ2n) is 8.62. The van der Waals surface area contributed by atoms with Crippen molar-refractivity contribution in [1.82, 2.24) is 20.4 Å². The van der Waals surface area contributed by atoms with Crippen LogP contribution in [0.5, 0.6) is 0 Å². The number of carbonyl (C=O) groups excluding carboxylic acids is 2. The van der Waals surface area contributed by atoms with Crippen LogP contribution in [0.1, 0.15) is 34.8 Å². The summed E-state index contributed by atoms with van der Waals surface area (Å²) in [6, 6.07) is 17.8. The van der Waals surface area contributed by atoms with E-state index in [1.54, 1.807) is 19.0 Å². The first-order chi connectivity index (χ1) is 16.0. The van der Waals surface area contributed by atoms with Crippen molar-refractivity contribution in [3.8, 4) is 0 Å². The normalized spacial score (nSPS) is 16.1. The van der Waals surface area contributed by atoms with E-state index in [9.17, 15) is 9.59 Å². The van der Waals surface area contributed by atoms with Gasteiger partial charge in [-0.25, -0.2) is 4.99 Å². The molecule has 2 aromatic rings. The van der Waals surface area contributed by atoms with Gasteiger partial charge < -0.3 is 20.4 Å². The van der Waals surface area contributed by atoms with Gasteiger partial charge in [0.2, 0.25) is 5.91 Å². The van der Waals surface area contributed by atoms with E-state index in [-0.39, 0.29) is 17.7 Å². The van der Waals surface area contributed by atoms with Crippen LogP contribution in [-0.4, -0.2) is 67.8 Å². The third-order valence-corrected chi connectivity index (χ3v) is 5.74. The summed E-state index contributed by atoms with van der Waals surface area (Å²) < 4.78 is 0. The van der Waals surface area contributed by atoms with Gasteiger partial charge in [0.25, 0.3) is 5.91 Å². The third kappa shape index (κ3) is 7.34. The largest absolute Gasteiger partial charge is 0.357 e. The summed E-state index contributed by atoms with van der Waals surface area (Å²) in [5.74, 6) is 1.23. The lowest BCUT2D eigenvalue weighted by molar-refractivity contribution is -0.127. The molecule has 0 aliphatic carbocycles. The summed E-state index contributed by atoms with van der Waals surface area (Å²) in [6.45, 7) is 5.55. The van der Waals surface area contributed by atoms with Crippen molar-refractivity contribution in [2.75, 3.05) is 40.3 Å². The molecule has 7 heteroatoms. The second-order valence-corrected chi connectivity index (χ2v) is 8.62. The van der Waals surface area contributed by atoms with Crippen LogP contribution in [0.15, 0.2) is 59.6 Å². The van der Waals surface area contributed by atoms with Crippen molar-refractivity contribution in [1.29, 1.82) is 0 Å². The summed E-state index contributed by atoms with van der Waals surface area (Å²) in [7, 11) is 3.49. The van der Waals surface area contributed by atoms with Gasteiger partial charge in [-0.3, -0.25) is 9.59 Å². The molecule has 2 N–H and O–H groups in total. The molecule has 0 saturated carbocycles. The molecule has 1 atom stereocenters. The lowest BCUT2D eigenvalue weighted by Gasteiger charge is -2.18. The van der Waals surface area contributed by atoms with E-state index in [1.165, 1.54) is 5.56 Å². The molecule has 0 aromatic heterocycles. The van der Waals surface area contributed by atoms with Crippen LogP contribution in [0.2, 0.25) is 0 Å². The first-order valence-corrected chi connectivity index (χ1v) is 11.6. The summed E-state index contributed by atoms with van der Waals surface area (Å²) >= 11 is 0. The van der Waals surface area contributed by atoms with Gasteiger partial charge in [-0.05, 0) is 36.6 Å². The van der Waals surface area contributed by atoms with Crippen LogP contribution in [-0.2, 0) is 17.8 Å². The summed E-state index contributed by atoms with van der Waals surface area (Å²) in [4.78, 5) is 32.7. The highest BCUT2D eigenvalue weighted by molar-refractivity contribution is 5.93. The zero-order chi connectivity index (χ0) is 23.6. The molecule has 1 fully saturated rings. The SMILES string of the molecule is CCNC(=NCc1ccc(C(=O)N(C)C)cc1)NCC1CC(=O)N(CCc2ccccc2)C1. The fourth-order valence-corrected chi connectivity index (χ4v) is 3.88. The Balaban J connectivity index is 1.49. The highest BCUT2D eigenvalue weighted by Crippen LogP contribution is 2.17. The number of aliphatic imine (C=N–C) groups is 1. The maximum atomic E-state index is 12.4. The number of nitrogens with zero attached hydrogens (tertiary/aromatic N) is 3. The van der Waals surface area contributed by atoms with Crippen molar-refractivity contribution < 1.29 is 9.59 Å². The zero-order valence-corrected chi connectivity index (χ0v) is 19.9. The number of guanidine groups is 1. The maximum Gasteiger partial charge on any atom is 0.253 e. The van der Waals surface area contributed by atoms with Gasteiger partial charge in [0.05, 0.1) is 6.54 Å². The van der Waals surface area contributed by atoms with E-state index in [0.717, 1.165) is 37.6 Å². The standard InChI is InChI=1S/C26H35N5O2/c1-4-27-26(28-17-21-10-12-23(13-11-21)25(33)30(2)3)29-18-22-16-24(32)31(19-22)15-14-20-8-6-5-7-9-20/h5-13,22H,4,14-19H2,1-3H3,(H2,27,28,29). The average Bonchev–Trinajstić information content (AvgIpc) is 3.19. The molecule has 1 saturated heterocycles.